The van der Waals surface area contributed by atoms with Crippen molar-refractivity contribution in [2.24, 2.45) is 0 Å². The molecule has 112 valence electrons. The van der Waals surface area contributed by atoms with Crippen molar-refractivity contribution in [3.8, 4) is 0 Å². The number of thioether (sulfide) groups is 1. The molecule has 4 rings (SSSR count). The molecule has 6 heteroatoms. The van der Waals surface area contributed by atoms with Gasteiger partial charge in [-0.1, -0.05) is 42.1 Å². The van der Waals surface area contributed by atoms with Gasteiger partial charge < -0.3 is 4.98 Å². The highest BCUT2D eigenvalue weighted by Gasteiger charge is 2.07. The van der Waals surface area contributed by atoms with Gasteiger partial charge in [0.1, 0.15) is 17.2 Å². The molecule has 5 nitrogen and oxygen atoms in total. The van der Waals surface area contributed by atoms with E-state index in [1.165, 1.54) is 11.8 Å². The van der Waals surface area contributed by atoms with Crippen LogP contribution in [0.3, 0.4) is 0 Å². The number of aromatic amines is 1. The van der Waals surface area contributed by atoms with Crippen molar-refractivity contribution >= 4 is 33.6 Å². The number of aromatic nitrogens is 4. The Labute approximate surface area is 135 Å². The third kappa shape index (κ3) is 2.68. The third-order valence-electron chi connectivity index (χ3n) is 3.51. The number of nitrogens with one attached hydrogen (secondary N) is 1. The standard InChI is InChI=1S/C17H12N4OS/c22-16-11-5-1-4-8-14(11)20-15(21-16)9-23-17-12-6-2-3-7-13(12)18-10-19-17/h1-8,10H,9H2,(H,20,21,22). The lowest BCUT2D eigenvalue weighted by atomic mass is 10.2. The molecule has 0 aliphatic carbocycles. The van der Waals surface area contributed by atoms with Crippen LogP contribution in [0.1, 0.15) is 5.82 Å². The van der Waals surface area contributed by atoms with Crippen LogP contribution >= 0.6 is 11.8 Å². The van der Waals surface area contributed by atoms with Gasteiger partial charge in [-0.2, -0.15) is 0 Å². The van der Waals surface area contributed by atoms with Crippen LogP contribution in [0.4, 0.5) is 0 Å². The zero-order chi connectivity index (χ0) is 15.6. The Morgan fingerprint density at radius 2 is 1.65 bits per heavy atom. The lowest BCUT2D eigenvalue weighted by Gasteiger charge is -2.05. The number of hydrogen-bond donors (Lipinski definition) is 1. The Bertz CT molecular complexity index is 1060. The lowest BCUT2D eigenvalue weighted by molar-refractivity contribution is 1.03. The topological polar surface area (TPSA) is 71.5 Å². The fraction of sp³-hybridized carbons (Fsp3) is 0.0588. The summed E-state index contributed by atoms with van der Waals surface area (Å²) < 4.78 is 0. The summed E-state index contributed by atoms with van der Waals surface area (Å²) in [5.74, 6) is 1.18. The minimum atomic E-state index is -0.112. The summed E-state index contributed by atoms with van der Waals surface area (Å²) in [6.07, 6.45) is 1.56. The average Bonchev–Trinajstić information content (AvgIpc) is 2.60. The van der Waals surface area contributed by atoms with Gasteiger partial charge in [0.05, 0.1) is 22.2 Å². The number of benzene rings is 2. The molecule has 2 heterocycles. The van der Waals surface area contributed by atoms with Crippen LogP contribution < -0.4 is 5.56 Å². The van der Waals surface area contributed by atoms with Gasteiger partial charge in [-0.3, -0.25) is 4.79 Å². The number of rotatable bonds is 3. The van der Waals surface area contributed by atoms with Gasteiger partial charge in [0.15, 0.2) is 0 Å². The summed E-state index contributed by atoms with van der Waals surface area (Å²) in [6.45, 7) is 0. The highest BCUT2D eigenvalue weighted by atomic mass is 32.2. The second-order valence-corrected chi connectivity index (χ2v) is 5.98. The van der Waals surface area contributed by atoms with E-state index >= 15 is 0 Å². The monoisotopic (exact) mass is 320 g/mol. The molecule has 23 heavy (non-hydrogen) atoms. The molecule has 0 spiro atoms. The molecule has 0 aliphatic rings. The van der Waals surface area contributed by atoms with Crippen LogP contribution in [-0.4, -0.2) is 19.9 Å². The van der Waals surface area contributed by atoms with Gasteiger partial charge in [0, 0.05) is 5.39 Å². The molecule has 2 aromatic heterocycles. The molecule has 0 atom stereocenters. The summed E-state index contributed by atoms with van der Waals surface area (Å²) in [5, 5.41) is 2.49. The first-order valence-electron chi connectivity index (χ1n) is 7.12. The first-order valence-corrected chi connectivity index (χ1v) is 8.10. The van der Waals surface area contributed by atoms with Gasteiger partial charge in [0.25, 0.3) is 5.56 Å². The second-order valence-electron chi connectivity index (χ2n) is 5.01. The zero-order valence-electron chi connectivity index (χ0n) is 12.1. The van der Waals surface area contributed by atoms with Crippen molar-refractivity contribution in [1.29, 1.82) is 0 Å². The summed E-state index contributed by atoms with van der Waals surface area (Å²) in [6, 6.07) is 15.2. The maximum atomic E-state index is 12.1. The molecule has 0 saturated carbocycles. The van der Waals surface area contributed by atoms with Crippen LogP contribution in [0.5, 0.6) is 0 Å². The number of para-hydroxylation sites is 2. The van der Waals surface area contributed by atoms with E-state index in [0.717, 1.165) is 15.9 Å². The first-order chi connectivity index (χ1) is 11.3. The predicted octanol–water partition coefficient (Wildman–Crippen LogP) is 3.16. The second kappa shape index (κ2) is 5.81. The predicted molar refractivity (Wildman–Crippen MR) is 91.5 cm³/mol. The Balaban J connectivity index is 1.67. The van der Waals surface area contributed by atoms with Gasteiger partial charge >= 0.3 is 0 Å². The van der Waals surface area contributed by atoms with Crippen molar-refractivity contribution in [3.63, 3.8) is 0 Å². The SMILES string of the molecule is O=c1[nH]c(CSc2ncnc3ccccc23)nc2ccccc12. The molecule has 4 aromatic rings. The van der Waals surface area contributed by atoms with E-state index in [-0.39, 0.29) is 5.56 Å². The van der Waals surface area contributed by atoms with Crippen LogP contribution in [0.25, 0.3) is 21.8 Å². The summed E-state index contributed by atoms with van der Waals surface area (Å²) in [5.41, 5.74) is 1.50. The van der Waals surface area contributed by atoms with Crippen LogP contribution in [-0.2, 0) is 5.75 Å². The fourth-order valence-corrected chi connectivity index (χ4v) is 3.30. The molecule has 0 amide bonds. The number of nitrogens with zero attached hydrogens (tertiary/aromatic N) is 3. The molecular formula is C17H12N4OS. The highest BCUT2D eigenvalue weighted by molar-refractivity contribution is 7.98. The Kier molecular flexibility index (Phi) is 3.51. The minimum absolute atomic E-state index is 0.112. The van der Waals surface area contributed by atoms with Crippen LogP contribution in [0, 0.1) is 0 Å². The summed E-state index contributed by atoms with van der Waals surface area (Å²) in [7, 11) is 0. The third-order valence-corrected chi connectivity index (χ3v) is 4.53. The molecule has 0 saturated heterocycles. The van der Waals surface area contributed by atoms with Crippen molar-refractivity contribution < 1.29 is 0 Å². The fourth-order valence-electron chi connectivity index (χ4n) is 2.44. The zero-order valence-corrected chi connectivity index (χ0v) is 12.9. The number of H-pyrrole nitrogens is 1. The minimum Gasteiger partial charge on any atom is -0.309 e. The molecule has 0 unspecified atom stereocenters. The Morgan fingerprint density at radius 1 is 0.913 bits per heavy atom. The molecule has 0 bridgehead atoms. The maximum absolute atomic E-state index is 12.1. The quantitative estimate of drug-likeness (QED) is 0.464. The molecule has 0 fully saturated rings. The molecule has 1 N–H and O–H groups in total. The lowest BCUT2D eigenvalue weighted by Crippen LogP contribution is -2.11. The molecule has 2 aromatic carbocycles. The van der Waals surface area contributed by atoms with Gasteiger partial charge in [-0.25, -0.2) is 15.0 Å². The normalized spacial score (nSPS) is 11.1. The van der Waals surface area contributed by atoms with Crippen molar-refractivity contribution in [2.45, 2.75) is 10.8 Å². The molecule has 0 aliphatic heterocycles. The van der Waals surface area contributed by atoms with Crippen LogP contribution in [0.15, 0.2) is 64.7 Å². The number of fused-ring (bicyclic) bond motifs is 2. The van der Waals surface area contributed by atoms with Crippen molar-refractivity contribution in [3.05, 3.63) is 71.0 Å². The van der Waals surface area contributed by atoms with Crippen LogP contribution in [0.2, 0.25) is 0 Å². The molecule has 0 radical (unpaired) electrons. The first kappa shape index (κ1) is 13.9. The smallest absolute Gasteiger partial charge is 0.258 e. The van der Waals surface area contributed by atoms with Crippen molar-refractivity contribution in [2.75, 3.05) is 0 Å². The Hall–Kier alpha value is -2.73. The largest absolute Gasteiger partial charge is 0.309 e. The average molecular weight is 320 g/mol. The van der Waals surface area contributed by atoms with Crippen molar-refractivity contribution in [1.82, 2.24) is 19.9 Å². The van der Waals surface area contributed by atoms with Gasteiger partial charge in [-0.05, 0) is 18.2 Å². The van der Waals surface area contributed by atoms with E-state index in [9.17, 15) is 4.79 Å². The van der Waals surface area contributed by atoms with E-state index in [1.54, 1.807) is 12.4 Å². The van der Waals surface area contributed by atoms with E-state index in [2.05, 4.69) is 19.9 Å². The van der Waals surface area contributed by atoms with E-state index < -0.39 is 0 Å². The van der Waals surface area contributed by atoms with Gasteiger partial charge in [-0.15, -0.1) is 0 Å². The van der Waals surface area contributed by atoms with E-state index in [1.807, 2.05) is 42.5 Å². The van der Waals surface area contributed by atoms with Gasteiger partial charge in [0.2, 0.25) is 0 Å². The molecular weight excluding hydrogens is 308 g/mol. The summed E-state index contributed by atoms with van der Waals surface area (Å²) >= 11 is 1.54. The Morgan fingerprint density at radius 3 is 2.52 bits per heavy atom. The number of hydrogen-bond acceptors (Lipinski definition) is 5. The van der Waals surface area contributed by atoms with E-state index in [4.69, 9.17) is 0 Å². The van der Waals surface area contributed by atoms with E-state index in [0.29, 0.717) is 22.5 Å². The maximum Gasteiger partial charge on any atom is 0.258 e. The summed E-state index contributed by atoms with van der Waals surface area (Å²) in [4.78, 5) is 28.0. The highest BCUT2D eigenvalue weighted by Crippen LogP contribution is 2.26.